The van der Waals surface area contributed by atoms with Crippen molar-refractivity contribution in [3.05, 3.63) is 47.7 Å². The van der Waals surface area contributed by atoms with Crippen LogP contribution >= 0.6 is 11.3 Å². The first-order chi connectivity index (χ1) is 10.6. The predicted octanol–water partition coefficient (Wildman–Crippen LogP) is 2.54. The van der Waals surface area contributed by atoms with E-state index in [0.29, 0.717) is 11.4 Å². The van der Waals surface area contributed by atoms with Crippen molar-refractivity contribution in [3.8, 4) is 0 Å². The summed E-state index contributed by atoms with van der Waals surface area (Å²) in [6.07, 6.45) is 3.96. The smallest absolute Gasteiger partial charge is 0.230 e. The predicted molar refractivity (Wildman–Crippen MR) is 86.1 cm³/mol. The minimum Gasteiger partial charge on any atom is -0.326 e. The van der Waals surface area contributed by atoms with Crippen LogP contribution in [0.25, 0.3) is 4.96 Å². The Balaban J connectivity index is 1.66. The highest BCUT2D eigenvalue weighted by Crippen LogP contribution is 2.16. The summed E-state index contributed by atoms with van der Waals surface area (Å²) in [7, 11) is 0. The van der Waals surface area contributed by atoms with E-state index >= 15 is 0 Å². The summed E-state index contributed by atoms with van der Waals surface area (Å²) in [6.45, 7) is 1.44. The number of rotatable bonds is 4. The molecule has 22 heavy (non-hydrogen) atoms. The fourth-order valence-corrected chi connectivity index (χ4v) is 2.83. The number of anilines is 2. The van der Waals surface area contributed by atoms with E-state index in [1.54, 1.807) is 24.3 Å². The van der Waals surface area contributed by atoms with Crippen molar-refractivity contribution in [3.63, 3.8) is 0 Å². The van der Waals surface area contributed by atoms with Crippen molar-refractivity contribution in [2.45, 2.75) is 13.3 Å². The summed E-state index contributed by atoms with van der Waals surface area (Å²) in [5, 5.41) is 7.43. The molecule has 0 bridgehead atoms. The topological polar surface area (TPSA) is 75.5 Å². The number of benzene rings is 1. The molecule has 0 fully saturated rings. The Bertz CT molecular complexity index is 808. The van der Waals surface area contributed by atoms with Crippen LogP contribution in [-0.4, -0.2) is 21.2 Å². The third kappa shape index (κ3) is 3.32. The van der Waals surface area contributed by atoms with Gasteiger partial charge >= 0.3 is 0 Å². The van der Waals surface area contributed by atoms with Crippen molar-refractivity contribution in [2.24, 2.45) is 0 Å². The van der Waals surface area contributed by atoms with Gasteiger partial charge in [-0.1, -0.05) is 6.07 Å². The maximum atomic E-state index is 12.1. The summed E-state index contributed by atoms with van der Waals surface area (Å²) in [5.74, 6) is -0.299. The van der Waals surface area contributed by atoms with E-state index in [0.717, 1.165) is 10.7 Å². The molecule has 0 aliphatic heterocycles. The lowest BCUT2D eigenvalue weighted by Gasteiger charge is -2.07. The zero-order valence-corrected chi connectivity index (χ0v) is 12.7. The minimum absolute atomic E-state index is 0.147. The molecule has 0 radical (unpaired) electrons. The van der Waals surface area contributed by atoms with E-state index < -0.39 is 0 Å². The lowest BCUT2D eigenvalue weighted by molar-refractivity contribution is -0.116. The molecule has 6 nitrogen and oxygen atoms in total. The zero-order chi connectivity index (χ0) is 15.5. The molecule has 2 N–H and O–H groups in total. The Morgan fingerprint density at radius 1 is 1.27 bits per heavy atom. The average molecular weight is 314 g/mol. The van der Waals surface area contributed by atoms with Crippen molar-refractivity contribution < 1.29 is 9.59 Å². The molecule has 0 aliphatic rings. The number of nitrogens with one attached hydrogen (secondary N) is 2. The van der Waals surface area contributed by atoms with Gasteiger partial charge in [-0.05, 0) is 18.2 Å². The van der Waals surface area contributed by atoms with Crippen LogP contribution in [0.15, 0.2) is 42.0 Å². The Labute approximate surface area is 130 Å². The second-order valence-electron chi connectivity index (χ2n) is 4.81. The molecule has 0 atom stereocenters. The largest absolute Gasteiger partial charge is 0.326 e. The lowest BCUT2D eigenvalue weighted by Crippen LogP contribution is -2.15. The van der Waals surface area contributed by atoms with Crippen LogP contribution in [0.4, 0.5) is 11.4 Å². The molecule has 7 heteroatoms. The van der Waals surface area contributed by atoms with E-state index in [1.807, 2.05) is 22.2 Å². The number of hydrogen-bond donors (Lipinski definition) is 2. The molecule has 2 aromatic heterocycles. The van der Waals surface area contributed by atoms with Crippen LogP contribution in [0, 0.1) is 0 Å². The number of imidazole rings is 1. The number of fused-ring (bicyclic) bond motifs is 1. The van der Waals surface area contributed by atoms with Gasteiger partial charge in [-0.25, -0.2) is 4.98 Å². The number of amides is 2. The highest BCUT2D eigenvalue weighted by molar-refractivity contribution is 7.15. The van der Waals surface area contributed by atoms with Gasteiger partial charge in [0.1, 0.15) is 0 Å². The fraction of sp³-hybridized carbons (Fsp3) is 0.133. The number of thiazole rings is 1. The SMILES string of the molecule is CC(=O)Nc1cccc(NC(=O)Cc2cn3ccsc3n2)c1. The van der Waals surface area contributed by atoms with Crippen molar-refractivity contribution in [1.29, 1.82) is 0 Å². The summed E-state index contributed by atoms with van der Waals surface area (Å²) in [6, 6.07) is 7.02. The Hall–Kier alpha value is -2.67. The van der Waals surface area contributed by atoms with Crippen LogP contribution in [0.2, 0.25) is 0 Å². The zero-order valence-electron chi connectivity index (χ0n) is 11.9. The number of nitrogens with zero attached hydrogens (tertiary/aromatic N) is 2. The molecule has 0 spiro atoms. The van der Waals surface area contributed by atoms with Gasteiger partial charge in [0.2, 0.25) is 11.8 Å². The van der Waals surface area contributed by atoms with Crippen molar-refractivity contribution in [1.82, 2.24) is 9.38 Å². The summed E-state index contributed by atoms with van der Waals surface area (Å²) < 4.78 is 1.89. The highest BCUT2D eigenvalue weighted by Gasteiger charge is 2.09. The second-order valence-corrected chi connectivity index (χ2v) is 5.69. The normalized spacial score (nSPS) is 10.6. The lowest BCUT2D eigenvalue weighted by atomic mass is 10.2. The molecule has 0 unspecified atom stereocenters. The summed E-state index contributed by atoms with van der Waals surface area (Å²) in [4.78, 5) is 28.4. The van der Waals surface area contributed by atoms with Gasteiger partial charge in [-0.3, -0.25) is 14.0 Å². The van der Waals surface area contributed by atoms with Gasteiger partial charge in [0.15, 0.2) is 4.96 Å². The van der Waals surface area contributed by atoms with E-state index in [-0.39, 0.29) is 18.2 Å². The van der Waals surface area contributed by atoms with E-state index in [9.17, 15) is 9.59 Å². The van der Waals surface area contributed by atoms with Crippen molar-refractivity contribution in [2.75, 3.05) is 10.6 Å². The second kappa shape index (κ2) is 5.98. The molecule has 2 amide bonds. The maximum absolute atomic E-state index is 12.1. The first kappa shape index (κ1) is 14.3. The molecule has 3 aromatic rings. The molecular weight excluding hydrogens is 300 g/mol. The quantitative estimate of drug-likeness (QED) is 0.777. The monoisotopic (exact) mass is 314 g/mol. The van der Waals surface area contributed by atoms with E-state index in [1.165, 1.54) is 18.3 Å². The molecular formula is C15H14N4O2S. The molecule has 0 saturated heterocycles. The Morgan fingerprint density at radius 2 is 2.05 bits per heavy atom. The highest BCUT2D eigenvalue weighted by atomic mass is 32.1. The van der Waals surface area contributed by atoms with Gasteiger partial charge in [0.05, 0.1) is 12.1 Å². The van der Waals surface area contributed by atoms with Crippen LogP contribution in [0.1, 0.15) is 12.6 Å². The number of aromatic nitrogens is 2. The van der Waals surface area contributed by atoms with Crippen molar-refractivity contribution >= 4 is 39.5 Å². The van der Waals surface area contributed by atoms with Crippen LogP contribution in [0.5, 0.6) is 0 Å². The Kier molecular flexibility index (Phi) is 3.88. The minimum atomic E-state index is -0.151. The first-order valence-corrected chi connectivity index (χ1v) is 7.57. The summed E-state index contributed by atoms with van der Waals surface area (Å²) >= 11 is 1.53. The maximum Gasteiger partial charge on any atom is 0.230 e. The molecule has 2 heterocycles. The van der Waals surface area contributed by atoms with Gasteiger partial charge in [0.25, 0.3) is 0 Å². The molecule has 3 rings (SSSR count). The molecule has 0 aliphatic carbocycles. The van der Waals surface area contributed by atoms with Crippen LogP contribution in [0.3, 0.4) is 0 Å². The molecule has 0 saturated carbocycles. The summed E-state index contributed by atoms with van der Waals surface area (Å²) in [5.41, 5.74) is 2.01. The third-order valence-corrected chi connectivity index (χ3v) is 3.72. The first-order valence-electron chi connectivity index (χ1n) is 6.69. The third-order valence-electron chi connectivity index (χ3n) is 2.95. The van der Waals surface area contributed by atoms with Crippen LogP contribution in [-0.2, 0) is 16.0 Å². The van der Waals surface area contributed by atoms with E-state index in [2.05, 4.69) is 15.6 Å². The van der Waals surface area contributed by atoms with E-state index in [4.69, 9.17) is 0 Å². The average Bonchev–Trinajstić information content (AvgIpc) is 2.98. The number of carbonyl (C=O) groups is 2. The molecule has 112 valence electrons. The number of carbonyl (C=O) groups excluding carboxylic acids is 2. The Morgan fingerprint density at radius 3 is 2.77 bits per heavy atom. The van der Waals surface area contributed by atoms with Gasteiger partial charge in [-0.15, -0.1) is 11.3 Å². The number of hydrogen-bond acceptors (Lipinski definition) is 4. The molecule has 1 aromatic carbocycles. The van der Waals surface area contributed by atoms with Gasteiger partial charge in [-0.2, -0.15) is 0 Å². The van der Waals surface area contributed by atoms with Crippen LogP contribution < -0.4 is 10.6 Å². The van der Waals surface area contributed by atoms with Gasteiger partial charge < -0.3 is 10.6 Å². The van der Waals surface area contributed by atoms with Gasteiger partial charge in [0, 0.05) is 36.1 Å². The standard InChI is InChI=1S/C15H14N4O2S/c1-10(20)16-11-3-2-4-12(7-11)17-14(21)8-13-9-19-5-6-22-15(19)18-13/h2-7,9H,8H2,1H3,(H,16,20)(H,17,21). The fourth-order valence-electron chi connectivity index (χ4n) is 2.11.